The Labute approximate surface area is 169 Å². The number of benzene rings is 1. The topological polar surface area (TPSA) is 80.3 Å². The molecule has 0 unspecified atom stereocenters. The zero-order valence-electron chi connectivity index (χ0n) is 14.3. The van der Waals surface area contributed by atoms with Gasteiger partial charge in [-0.3, -0.25) is 9.59 Å². The highest BCUT2D eigenvalue weighted by atomic mass is 35.5. The van der Waals surface area contributed by atoms with Gasteiger partial charge in [-0.1, -0.05) is 17.7 Å². The van der Waals surface area contributed by atoms with E-state index in [1.54, 1.807) is 42.8 Å². The first-order valence-electron chi connectivity index (χ1n) is 7.96. The zero-order valence-corrected chi connectivity index (χ0v) is 16.7. The minimum Gasteiger partial charge on any atom is -0.383 e. The van der Waals surface area contributed by atoms with Gasteiger partial charge in [-0.25, -0.2) is 4.98 Å². The molecule has 0 bridgehead atoms. The van der Waals surface area contributed by atoms with Crippen LogP contribution in [0.5, 0.6) is 0 Å². The van der Waals surface area contributed by atoms with Crippen LogP contribution in [0.1, 0.15) is 20.0 Å². The predicted molar refractivity (Wildman–Crippen MR) is 109 cm³/mol. The van der Waals surface area contributed by atoms with E-state index in [4.69, 9.17) is 16.3 Å². The van der Waals surface area contributed by atoms with Crippen LogP contribution >= 0.6 is 34.3 Å². The second-order valence-corrected chi connectivity index (χ2v) is 7.79. The maximum Gasteiger partial charge on any atom is 0.267 e. The fourth-order valence-electron chi connectivity index (χ4n) is 2.22. The Morgan fingerprint density at radius 1 is 1.26 bits per heavy atom. The molecule has 2 aromatic heterocycles. The molecular weight excluding hydrogens is 406 g/mol. The Hall–Kier alpha value is -2.26. The van der Waals surface area contributed by atoms with Crippen molar-refractivity contribution in [1.82, 2.24) is 10.3 Å². The number of carbonyl (C=O) groups excluding carboxylic acids is 2. The summed E-state index contributed by atoms with van der Waals surface area (Å²) in [4.78, 5) is 30.3. The van der Waals surface area contributed by atoms with E-state index < -0.39 is 0 Å². The predicted octanol–water partition coefficient (Wildman–Crippen LogP) is 4.15. The van der Waals surface area contributed by atoms with E-state index in [0.29, 0.717) is 29.3 Å². The maximum absolute atomic E-state index is 12.4. The number of hydrogen-bond donors (Lipinski definition) is 2. The smallest absolute Gasteiger partial charge is 0.267 e. The number of methoxy groups -OCH3 is 1. The summed E-state index contributed by atoms with van der Waals surface area (Å²) in [5, 5.41) is 8.50. The van der Waals surface area contributed by atoms with E-state index in [1.165, 1.54) is 11.3 Å². The van der Waals surface area contributed by atoms with E-state index in [0.717, 1.165) is 9.88 Å². The summed E-state index contributed by atoms with van der Waals surface area (Å²) in [5.41, 5.74) is 0.841. The molecule has 2 amide bonds. The number of nitrogens with one attached hydrogen (secondary N) is 2. The molecule has 9 heteroatoms. The van der Waals surface area contributed by atoms with Crippen LogP contribution in [0.15, 0.2) is 41.9 Å². The van der Waals surface area contributed by atoms with Gasteiger partial charge in [-0.15, -0.1) is 22.7 Å². The van der Waals surface area contributed by atoms with Crippen LogP contribution < -0.4 is 10.6 Å². The molecule has 1 aromatic carbocycles. The van der Waals surface area contributed by atoms with Gasteiger partial charge in [0, 0.05) is 19.3 Å². The van der Waals surface area contributed by atoms with Crippen molar-refractivity contribution in [3.63, 3.8) is 0 Å². The van der Waals surface area contributed by atoms with Gasteiger partial charge < -0.3 is 15.4 Å². The lowest BCUT2D eigenvalue weighted by Crippen LogP contribution is -2.27. The molecule has 3 aromatic rings. The highest BCUT2D eigenvalue weighted by Crippen LogP contribution is 2.29. The van der Waals surface area contributed by atoms with Crippen molar-refractivity contribution >= 4 is 51.8 Å². The summed E-state index contributed by atoms with van der Waals surface area (Å²) in [5.74, 6) is -0.568. The van der Waals surface area contributed by atoms with Crippen LogP contribution in [0.2, 0.25) is 5.02 Å². The number of nitrogens with zero attached hydrogens (tertiary/aromatic N) is 1. The molecule has 6 nitrogen and oxygen atoms in total. The summed E-state index contributed by atoms with van der Waals surface area (Å²) < 4.78 is 4.89. The van der Waals surface area contributed by atoms with E-state index in [2.05, 4.69) is 15.6 Å². The number of ether oxygens (including phenoxy) is 1. The Kier molecular flexibility index (Phi) is 6.57. The third kappa shape index (κ3) is 4.92. The Morgan fingerprint density at radius 2 is 2.11 bits per heavy atom. The van der Waals surface area contributed by atoms with Gasteiger partial charge in [0.05, 0.1) is 28.3 Å². The number of thiazole rings is 1. The fraction of sp³-hybridized carbons (Fsp3) is 0.167. The molecule has 0 aliphatic heterocycles. The molecule has 0 spiro atoms. The van der Waals surface area contributed by atoms with Gasteiger partial charge in [0.25, 0.3) is 11.8 Å². The Bertz CT molecular complexity index is 941. The number of aromatic nitrogens is 1. The second-order valence-electron chi connectivity index (χ2n) is 5.40. The second kappa shape index (κ2) is 9.09. The molecule has 2 heterocycles. The summed E-state index contributed by atoms with van der Waals surface area (Å²) >= 11 is 9.08. The molecule has 0 aliphatic carbocycles. The van der Waals surface area contributed by atoms with Crippen LogP contribution in [0.3, 0.4) is 0 Å². The zero-order chi connectivity index (χ0) is 19.2. The fourth-order valence-corrected chi connectivity index (χ4v) is 4.11. The SMILES string of the molecule is COCCNC(=O)c1ccc(NC(=O)c2cnc(-c3cccs3)s2)cc1Cl. The summed E-state index contributed by atoms with van der Waals surface area (Å²) in [6.45, 7) is 0.807. The van der Waals surface area contributed by atoms with Gasteiger partial charge in [0.15, 0.2) is 0 Å². The highest BCUT2D eigenvalue weighted by molar-refractivity contribution is 7.22. The number of rotatable bonds is 7. The Balaban J connectivity index is 1.66. The normalized spacial score (nSPS) is 10.6. The van der Waals surface area contributed by atoms with Crippen molar-refractivity contribution in [2.24, 2.45) is 0 Å². The molecule has 27 heavy (non-hydrogen) atoms. The standard InChI is InChI=1S/C18H16ClN3O3S2/c1-25-7-6-20-16(23)12-5-4-11(9-13(12)19)22-17(24)15-10-21-18(27-15)14-3-2-8-26-14/h2-5,8-10H,6-7H2,1H3,(H,20,23)(H,22,24). The number of halogens is 1. The first kappa shape index (κ1) is 19.5. The minimum atomic E-state index is -0.294. The monoisotopic (exact) mass is 421 g/mol. The molecule has 0 radical (unpaired) electrons. The summed E-state index contributed by atoms with van der Waals surface area (Å²) in [7, 11) is 1.56. The largest absolute Gasteiger partial charge is 0.383 e. The lowest BCUT2D eigenvalue weighted by Gasteiger charge is -2.09. The van der Waals surface area contributed by atoms with Gasteiger partial charge >= 0.3 is 0 Å². The van der Waals surface area contributed by atoms with Crippen LogP contribution in [0, 0.1) is 0 Å². The highest BCUT2D eigenvalue weighted by Gasteiger charge is 2.15. The quantitative estimate of drug-likeness (QED) is 0.561. The van der Waals surface area contributed by atoms with Crippen LogP contribution in [0.4, 0.5) is 5.69 Å². The molecule has 0 saturated carbocycles. The van der Waals surface area contributed by atoms with E-state index in [-0.39, 0.29) is 16.8 Å². The van der Waals surface area contributed by atoms with Crippen molar-refractivity contribution in [3.8, 4) is 9.88 Å². The Morgan fingerprint density at radius 3 is 2.81 bits per heavy atom. The molecule has 140 valence electrons. The molecule has 3 rings (SSSR count). The lowest BCUT2D eigenvalue weighted by atomic mass is 10.2. The van der Waals surface area contributed by atoms with Crippen LogP contribution in [0.25, 0.3) is 9.88 Å². The van der Waals surface area contributed by atoms with Gasteiger partial charge in [0.1, 0.15) is 9.88 Å². The van der Waals surface area contributed by atoms with Crippen LogP contribution in [-0.4, -0.2) is 37.1 Å². The average Bonchev–Trinajstić information content (AvgIpc) is 3.33. The summed E-state index contributed by atoms with van der Waals surface area (Å²) in [6, 6.07) is 8.66. The molecule has 0 saturated heterocycles. The molecule has 2 N–H and O–H groups in total. The van der Waals surface area contributed by atoms with Crippen LogP contribution in [-0.2, 0) is 4.74 Å². The molecule has 0 aliphatic rings. The third-order valence-corrected chi connectivity index (χ3v) is 5.87. The van der Waals surface area contributed by atoms with Crippen molar-refractivity contribution < 1.29 is 14.3 Å². The van der Waals surface area contributed by atoms with E-state index >= 15 is 0 Å². The van der Waals surface area contributed by atoms with Crippen molar-refractivity contribution in [2.45, 2.75) is 0 Å². The molecule has 0 atom stereocenters. The lowest BCUT2D eigenvalue weighted by molar-refractivity contribution is 0.0937. The van der Waals surface area contributed by atoms with Crippen molar-refractivity contribution in [2.75, 3.05) is 25.6 Å². The van der Waals surface area contributed by atoms with E-state index in [9.17, 15) is 9.59 Å². The first-order chi connectivity index (χ1) is 13.1. The number of carbonyl (C=O) groups is 2. The summed E-state index contributed by atoms with van der Waals surface area (Å²) in [6.07, 6.45) is 1.55. The minimum absolute atomic E-state index is 0.256. The van der Waals surface area contributed by atoms with Gasteiger partial charge in [0.2, 0.25) is 0 Å². The third-order valence-electron chi connectivity index (χ3n) is 3.52. The van der Waals surface area contributed by atoms with E-state index in [1.807, 2.05) is 17.5 Å². The number of amides is 2. The van der Waals surface area contributed by atoms with Crippen molar-refractivity contribution in [1.29, 1.82) is 0 Å². The number of thiophene rings is 1. The number of hydrogen-bond acceptors (Lipinski definition) is 6. The van der Waals surface area contributed by atoms with Gasteiger partial charge in [-0.2, -0.15) is 0 Å². The molecule has 0 fully saturated rings. The van der Waals surface area contributed by atoms with Crippen molar-refractivity contribution in [3.05, 3.63) is 57.4 Å². The first-order valence-corrected chi connectivity index (χ1v) is 10.0. The maximum atomic E-state index is 12.4. The average molecular weight is 422 g/mol. The van der Waals surface area contributed by atoms with Gasteiger partial charge in [-0.05, 0) is 29.6 Å². The number of anilines is 1. The molecular formula is C18H16ClN3O3S2.